The molecule has 0 saturated carbocycles. The van der Waals surface area contributed by atoms with Crippen molar-refractivity contribution < 1.29 is 17.8 Å². The zero-order chi connectivity index (χ0) is 20.1. The molecular weight excluding hydrogens is 390 g/mol. The molecule has 0 aliphatic rings. The molecule has 27 heavy (non-hydrogen) atoms. The number of benzene rings is 1. The molecule has 2 rings (SSSR count). The third kappa shape index (κ3) is 6.56. The molecule has 0 atom stereocenters. The van der Waals surface area contributed by atoms with E-state index in [0.717, 1.165) is 11.8 Å². The van der Waals surface area contributed by atoms with Gasteiger partial charge in [0.25, 0.3) is 5.69 Å². The highest BCUT2D eigenvalue weighted by Gasteiger charge is 2.25. The molecule has 0 radical (unpaired) electrons. The summed E-state index contributed by atoms with van der Waals surface area (Å²) in [6.07, 6.45) is 1.61. The molecule has 8 nitrogen and oxygen atoms in total. The second-order valence-electron chi connectivity index (χ2n) is 6.85. The van der Waals surface area contributed by atoms with Crippen LogP contribution in [0.15, 0.2) is 45.9 Å². The lowest BCUT2D eigenvalue weighted by molar-refractivity contribution is -0.384. The number of nitro benzene ring substituents is 1. The van der Waals surface area contributed by atoms with Gasteiger partial charge in [0, 0.05) is 23.9 Å². The van der Waals surface area contributed by atoms with E-state index in [9.17, 15) is 18.5 Å². The first kappa shape index (κ1) is 21.3. The van der Waals surface area contributed by atoms with Crippen molar-refractivity contribution >= 4 is 33.2 Å². The average molecular weight is 414 g/mol. The SMILES string of the molecule is CC(C)(C)NS(=O)(=O)c1ccc(NCCSCc2ccco2)c([N+](=O)[O-])c1. The number of rotatable bonds is 9. The van der Waals surface area contributed by atoms with Crippen molar-refractivity contribution in [1.82, 2.24) is 4.72 Å². The van der Waals surface area contributed by atoms with Crippen LogP contribution in [0.25, 0.3) is 0 Å². The summed E-state index contributed by atoms with van der Waals surface area (Å²) in [7, 11) is -3.84. The first-order chi connectivity index (χ1) is 12.6. The first-order valence-corrected chi connectivity index (χ1v) is 10.9. The van der Waals surface area contributed by atoms with Crippen LogP contribution in [0, 0.1) is 10.1 Å². The van der Waals surface area contributed by atoms with Gasteiger partial charge in [0.05, 0.1) is 21.8 Å². The largest absolute Gasteiger partial charge is 0.468 e. The Bertz CT molecular complexity index is 874. The van der Waals surface area contributed by atoms with Crippen molar-refractivity contribution in [2.75, 3.05) is 17.6 Å². The molecule has 0 unspecified atom stereocenters. The van der Waals surface area contributed by atoms with Gasteiger partial charge in [-0.05, 0) is 45.0 Å². The van der Waals surface area contributed by atoms with Crippen LogP contribution in [-0.2, 0) is 15.8 Å². The van der Waals surface area contributed by atoms with Gasteiger partial charge in [-0.25, -0.2) is 13.1 Å². The van der Waals surface area contributed by atoms with Crippen molar-refractivity contribution in [3.8, 4) is 0 Å². The molecule has 0 aliphatic carbocycles. The second kappa shape index (κ2) is 8.77. The van der Waals surface area contributed by atoms with E-state index in [1.807, 2.05) is 12.1 Å². The van der Waals surface area contributed by atoms with Gasteiger partial charge in [-0.3, -0.25) is 10.1 Å². The van der Waals surface area contributed by atoms with Crippen LogP contribution in [0.5, 0.6) is 0 Å². The zero-order valence-electron chi connectivity index (χ0n) is 15.4. The molecule has 1 heterocycles. The van der Waals surface area contributed by atoms with E-state index in [2.05, 4.69) is 10.0 Å². The molecule has 0 bridgehead atoms. The maximum absolute atomic E-state index is 12.4. The topological polar surface area (TPSA) is 114 Å². The monoisotopic (exact) mass is 413 g/mol. The molecule has 1 aromatic heterocycles. The lowest BCUT2D eigenvalue weighted by Gasteiger charge is -2.20. The number of anilines is 1. The van der Waals surface area contributed by atoms with Gasteiger partial charge in [0.2, 0.25) is 10.0 Å². The van der Waals surface area contributed by atoms with Gasteiger partial charge >= 0.3 is 0 Å². The Morgan fingerprint density at radius 3 is 2.59 bits per heavy atom. The quantitative estimate of drug-likeness (QED) is 0.367. The van der Waals surface area contributed by atoms with Crippen LogP contribution >= 0.6 is 11.8 Å². The summed E-state index contributed by atoms with van der Waals surface area (Å²) in [4.78, 5) is 10.6. The van der Waals surface area contributed by atoms with E-state index in [-0.39, 0.29) is 16.3 Å². The Hall–Kier alpha value is -2.04. The Morgan fingerprint density at radius 2 is 2.00 bits per heavy atom. The van der Waals surface area contributed by atoms with Crippen molar-refractivity contribution in [2.24, 2.45) is 0 Å². The third-order valence-electron chi connectivity index (χ3n) is 3.30. The van der Waals surface area contributed by atoms with E-state index in [1.54, 1.807) is 38.8 Å². The molecule has 0 amide bonds. The predicted molar refractivity (Wildman–Crippen MR) is 107 cm³/mol. The molecule has 2 N–H and O–H groups in total. The number of nitrogens with zero attached hydrogens (tertiary/aromatic N) is 1. The smallest absolute Gasteiger partial charge is 0.293 e. The number of furan rings is 1. The third-order valence-corrected chi connectivity index (χ3v) is 6.04. The molecule has 0 aliphatic heterocycles. The van der Waals surface area contributed by atoms with Crippen LogP contribution < -0.4 is 10.0 Å². The normalized spacial score (nSPS) is 12.1. The van der Waals surface area contributed by atoms with E-state index < -0.39 is 20.5 Å². The van der Waals surface area contributed by atoms with Crippen molar-refractivity contribution in [3.05, 3.63) is 52.5 Å². The second-order valence-corrected chi connectivity index (χ2v) is 9.64. The Balaban J connectivity index is 2.03. The highest BCUT2D eigenvalue weighted by atomic mass is 32.2. The molecule has 1 aromatic carbocycles. The summed E-state index contributed by atoms with van der Waals surface area (Å²) in [6, 6.07) is 7.57. The van der Waals surface area contributed by atoms with E-state index in [0.29, 0.717) is 18.1 Å². The van der Waals surface area contributed by atoms with Crippen molar-refractivity contribution in [3.63, 3.8) is 0 Å². The fraction of sp³-hybridized carbons (Fsp3) is 0.412. The molecule has 10 heteroatoms. The molecule has 0 fully saturated rings. The predicted octanol–water partition coefficient (Wildman–Crippen LogP) is 3.61. The first-order valence-electron chi connectivity index (χ1n) is 8.25. The van der Waals surface area contributed by atoms with Crippen molar-refractivity contribution in [1.29, 1.82) is 0 Å². The number of nitrogens with one attached hydrogen (secondary N) is 2. The number of thioether (sulfide) groups is 1. The minimum atomic E-state index is -3.84. The van der Waals surface area contributed by atoms with Gasteiger partial charge in [-0.1, -0.05) is 0 Å². The minimum absolute atomic E-state index is 0.137. The van der Waals surface area contributed by atoms with Crippen LogP contribution in [0.1, 0.15) is 26.5 Å². The maximum Gasteiger partial charge on any atom is 0.293 e. The number of sulfonamides is 1. The Kier molecular flexibility index (Phi) is 6.90. The molecule has 2 aromatic rings. The molecular formula is C17H23N3O5S2. The Morgan fingerprint density at radius 1 is 1.26 bits per heavy atom. The summed E-state index contributed by atoms with van der Waals surface area (Å²) < 4.78 is 32.5. The number of hydrogen-bond acceptors (Lipinski definition) is 7. The number of nitro groups is 1. The molecule has 0 saturated heterocycles. The lowest BCUT2D eigenvalue weighted by atomic mass is 10.1. The summed E-state index contributed by atoms with van der Waals surface area (Å²) in [6.45, 7) is 5.61. The molecule has 0 spiro atoms. The van der Waals surface area contributed by atoms with Gasteiger partial charge in [0.1, 0.15) is 11.4 Å². The van der Waals surface area contributed by atoms with Crippen LogP contribution in [0.3, 0.4) is 0 Å². The molecule has 148 valence electrons. The van der Waals surface area contributed by atoms with Crippen LogP contribution in [0.2, 0.25) is 0 Å². The van der Waals surface area contributed by atoms with Gasteiger partial charge < -0.3 is 9.73 Å². The van der Waals surface area contributed by atoms with Gasteiger partial charge in [-0.15, -0.1) is 0 Å². The van der Waals surface area contributed by atoms with Gasteiger partial charge in [0.15, 0.2) is 0 Å². The van der Waals surface area contributed by atoms with Crippen LogP contribution in [0.4, 0.5) is 11.4 Å². The van der Waals surface area contributed by atoms with Crippen molar-refractivity contribution in [2.45, 2.75) is 37.0 Å². The van der Waals surface area contributed by atoms with E-state index in [1.165, 1.54) is 12.1 Å². The van der Waals surface area contributed by atoms with E-state index >= 15 is 0 Å². The standard InChI is InChI=1S/C17H23N3O5S2/c1-17(2,3)19-27(23,24)14-6-7-15(16(11-14)20(21)22)18-8-10-26-12-13-5-4-9-25-13/h4-7,9,11,18-19H,8,10,12H2,1-3H3. The summed E-state index contributed by atoms with van der Waals surface area (Å²) in [5, 5.41) is 14.4. The highest BCUT2D eigenvalue weighted by molar-refractivity contribution is 7.98. The fourth-order valence-corrected chi connectivity index (χ4v) is 4.46. The van der Waals surface area contributed by atoms with E-state index in [4.69, 9.17) is 4.42 Å². The van der Waals surface area contributed by atoms with Crippen LogP contribution in [-0.4, -0.2) is 31.2 Å². The van der Waals surface area contributed by atoms with Gasteiger partial charge in [-0.2, -0.15) is 11.8 Å². The summed E-state index contributed by atoms with van der Waals surface area (Å²) in [5.41, 5.74) is -0.674. The number of hydrogen-bond donors (Lipinski definition) is 2. The maximum atomic E-state index is 12.4. The minimum Gasteiger partial charge on any atom is -0.468 e. The fourth-order valence-electron chi connectivity index (χ4n) is 2.27. The summed E-state index contributed by atoms with van der Waals surface area (Å²) >= 11 is 1.63. The highest BCUT2D eigenvalue weighted by Crippen LogP contribution is 2.28. The lowest BCUT2D eigenvalue weighted by Crippen LogP contribution is -2.40. The summed E-state index contributed by atoms with van der Waals surface area (Å²) in [5.74, 6) is 2.29. The Labute approximate surface area is 162 Å². The zero-order valence-corrected chi connectivity index (χ0v) is 17.0. The average Bonchev–Trinajstić information content (AvgIpc) is 3.05.